The van der Waals surface area contributed by atoms with Gasteiger partial charge in [0.25, 0.3) is 5.91 Å². The number of hydrogen-bond acceptors (Lipinski definition) is 3. The molecule has 0 heterocycles. The van der Waals surface area contributed by atoms with E-state index in [0.717, 1.165) is 24.9 Å². The molecule has 1 aliphatic carbocycles. The van der Waals surface area contributed by atoms with Crippen molar-refractivity contribution < 1.29 is 9.53 Å². The quantitative estimate of drug-likeness (QED) is 0.854. The summed E-state index contributed by atoms with van der Waals surface area (Å²) in [6, 6.07) is 8.02. The Balaban J connectivity index is 1.90. The largest absolute Gasteiger partial charge is 0.484 e. The number of carbonyl (C=O) groups excluding carboxylic acids is 1. The van der Waals surface area contributed by atoms with Crippen LogP contribution in [0.1, 0.15) is 38.3 Å². The second-order valence-corrected chi connectivity index (χ2v) is 5.06. The fourth-order valence-corrected chi connectivity index (χ4v) is 2.14. The van der Waals surface area contributed by atoms with Gasteiger partial charge in [-0.2, -0.15) is 0 Å². The molecule has 1 aromatic carbocycles. The van der Waals surface area contributed by atoms with Crippen molar-refractivity contribution >= 4 is 5.91 Å². The molecule has 1 fully saturated rings. The average Bonchev–Trinajstić information content (AvgIpc) is 3.22. The smallest absolute Gasteiger partial charge is 0.260 e. The Bertz CT molecular complexity index is 442. The van der Waals surface area contributed by atoms with Gasteiger partial charge in [0, 0.05) is 18.6 Å². The molecule has 1 atom stereocenters. The summed E-state index contributed by atoms with van der Waals surface area (Å²) in [6.07, 6.45) is 2.25. The molecule has 2 N–H and O–H groups in total. The second kappa shape index (κ2) is 6.06. The highest BCUT2D eigenvalue weighted by Crippen LogP contribution is 2.26. The monoisotopic (exact) mass is 262 g/mol. The van der Waals surface area contributed by atoms with Crippen molar-refractivity contribution in [2.45, 2.75) is 38.8 Å². The van der Waals surface area contributed by atoms with Gasteiger partial charge >= 0.3 is 0 Å². The van der Waals surface area contributed by atoms with Crippen LogP contribution in [0.25, 0.3) is 0 Å². The predicted octanol–water partition coefficient (Wildman–Crippen LogP) is 2.10. The molecular formula is C15H22N2O2. The van der Waals surface area contributed by atoms with Gasteiger partial charge in [-0.25, -0.2) is 0 Å². The van der Waals surface area contributed by atoms with E-state index in [4.69, 9.17) is 10.5 Å². The highest BCUT2D eigenvalue weighted by molar-refractivity contribution is 5.78. The Kier molecular flexibility index (Phi) is 4.43. The van der Waals surface area contributed by atoms with Gasteiger partial charge in [-0.1, -0.05) is 12.1 Å². The molecule has 1 amide bonds. The van der Waals surface area contributed by atoms with Crippen molar-refractivity contribution in [1.82, 2.24) is 4.90 Å². The van der Waals surface area contributed by atoms with Crippen molar-refractivity contribution in [1.29, 1.82) is 0 Å². The summed E-state index contributed by atoms with van der Waals surface area (Å²) < 4.78 is 5.57. The summed E-state index contributed by atoms with van der Waals surface area (Å²) in [5.74, 6) is 0.770. The molecular weight excluding hydrogens is 240 g/mol. The molecule has 0 aromatic heterocycles. The third-order valence-electron chi connectivity index (χ3n) is 3.39. The van der Waals surface area contributed by atoms with Gasteiger partial charge in [0.05, 0.1) is 0 Å². The average molecular weight is 262 g/mol. The van der Waals surface area contributed by atoms with Crippen LogP contribution < -0.4 is 10.5 Å². The molecule has 0 bridgehead atoms. The number of rotatable bonds is 6. The Labute approximate surface area is 114 Å². The standard InChI is InChI=1S/C15H22N2O2/c1-3-17(13-7-8-13)15(18)10-19-14-6-4-5-12(9-14)11(2)16/h4-6,9,11,13H,3,7-8,10,16H2,1-2H3. The van der Waals surface area contributed by atoms with Crippen molar-refractivity contribution in [2.24, 2.45) is 5.73 Å². The first kappa shape index (κ1) is 13.9. The third kappa shape index (κ3) is 3.70. The first-order valence-corrected chi connectivity index (χ1v) is 6.89. The van der Waals surface area contributed by atoms with E-state index in [-0.39, 0.29) is 18.6 Å². The summed E-state index contributed by atoms with van der Waals surface area (Å²) in [4.78, 5) is 13.9. The third-order valence-corrected chi connectivity index (χ3v) is 3.39. The number of nitrogens with two attached hydrogens (primary N) is 1. The van der Waals surface area contributed by atoms with E-state index >= 15 is 0 Å². The number of ether oxygens (including phenoxy) is 1. The molecule has 0 saturated heterocycles. The lowest BCUT2D eigenvalue weighted by molar-refractivity contribution is -0.133. The minimum atomic E-state index is -0.0298. The van der Waals surface area contributed by atoms with Crippen molar-refractivity contribution in [3.05, 3.63) is 29.8 Å². The van der Waals surface area contributed by atoms with Crippen LogP contribution >= 0.6 is 0 Å². The molecule has 1 unspecified atom stereocenters. The maximum atomic E-state index is 12.0. The Morgan fingerprint density at radius 2 is 2.26 bits per heavy atom. The molecule has 1 aliphatic rings. The highest BCUT2D eigenvalue weighted by atomic mass is 16.5. The van der Waals surface area contributed by atoms with Gasteiger partial charge in [0.1, 0.15) is 5.75 Å². The lowest BCUT2D eigenvalue weighted by Gasteiger charge is -2.20. The van der Waals surface area contributed by atoms with Crippen LogP contribution in [0.2, 0.25) is 0 Å². The second-order valence-electron chi connectivity index (χ2n) is 5.06. The SMILES string of the molecule is CCN(C(=O)COc1cccc(C(C)N)c1)C1CC1. The fraction of sp³-hybridized carbons (Fsp3) is 0.533. The van der Waals surface area contributed by atoms with Crippen molar-refractivity contribution in [3.63, 3.8) is 0 Å². The zero-order valence-corrected chi connectivity index (χ0v) is 11.6. The van der Waals surface area contributed by atoms with Crippen LogP contribution in [0, 0.1) is 0 Å². The van der Waals surface area contributed by atoms with Gasteiger partial charge in [-0.3, -0.25) is 4.79 Å². The molecule has 104 valence electrons. The number of likely N-dealkylation sites (N-methyl/N-ethyl adjacent to an activating group) is 1. The van der Waals surface area contributed by atoms with Gasteiger partial charge < -0.3 is 15.4 Å². The molecule has 0 aliphatic heterocycles. The molecule has 1 aromatic rings. The lowest BCUT2D eigenvalue weighted by Crippen LogP contribution is -2.36. The van der Waals surface area contributed by atoms with E-state index in [9.17, 15) is 4.79 Å². The normalized spacial score (nSPS) is 15.9. The Hall–Kier alpha value is -1.55. The lowest BCUT2D eigenvalue weighted by atomic mass is 10.1. The van der Waals surface area contributed by atoms with Gasteiger partial charge in [0.2, 0.25) is 0 Å². The maximum Gasteiger partial charge on any atom is 0.260 e. The number of carbonyl (C=O) groups is 1. The highest BCUT2D eigenvalue weighted by Gasteiger charge is 2.31. The zero-order valence-electron chi connectivity index (χ0n) is 11.6. The summed E-state index contributed by atoms with van der Waals surface area (Å²) in [7, 11) is 0. The van der Waals surface area contributed by atoms with Crippen LogP contribution in [0.15, 0.2) is 24.3 Å². The van der Waals surface area contributed by atoms with Gasteiger partial charge in [0.15, 0.2) is 6.61 Å². The summed E-state index contributed by atoms with van der Waals surface area (Å²) in [6.45, 7) is 4.79. The van der Waals surface area contributed by atoms with E-state index in [1.807, 2.05) is 43.0 Å². The van der Waals surface area contributed by atoms with Crippen LogP contribution in [0.4, 0.5) is 0 Å². The van der Waals surface area contributed by atoms with Gasteiger partial charge in [-0.15, -0.1) is 0 Å². The summed E-state index contributed by atoms with van der Waals surface area (Å²) in [5, 5.41) is 0. The van der Waals surface area contributed by atoms with Crippen molar-refractivity contribution in [3.8, 4) is 5.75 Å². The number of amides is 1. The molecule has 1 saturated carbocycles. The summed E-state index contributed by atoms with van der Waals surface area (Å²) >= 11 is 0. The zero-order chi connectivity index (χ0) is 13.8. The minimum absolute atomic E-state index is 0.0298. The van der Waals surface area contributed by atoms with Gasteiger partial charge in [-0.05, 0) is 44.4 Å². The number of benzene rings is 1. The first-order chi connectivity index (χ1) is 9.11. The number of hydrogen-bond donors (Lipinski definition) is 1. The van der Waals surface area contributed by atoms with E-state index in [0.29, 0.717) is 11.8 Å². The molecule has 0 spiro atoms. The summed E-state index contributed by atoms with van der Waals surface area (Å²) in [5.41, 5.74) is 6.84. The Morgan fingerprint density at radius 3 is 2.84 bits per heavy atom. The topological polar surface area (TPSA) is 55.6 Å². The van der Waals surface area contributed by atoms with Crippen LogP contribution in [0.5, 0.6) is 5.75 Å². The van der Waals surface area contributed by atoms with Crippen molar-refractivity contribution in [2.75, 3.05) is 13.2 Å². The van der Waals surface area contributed by atoms with E-state index in [2.05, 4.69) is 0 Å². The molecule has 2 rings (SSSR count). The molecule has 19 heavy (non-hydrogen) atoms. The fourth-order valence-electron chi connectivity index (χ4n) is 2.14. The van der Waals surface area contributed by atoms with E-state index < -0.39 is 0 Å². The predicted molar refractivity (Wildman–Crippen MR) is 74.9 cm³/mol. The van der Waals surface area contributed by atoms with Crippen LogP contribution in [0.3, 0.4) is 0 Å². The molecule has 4 nitrogen and oxygen atoms in total. The molecule has 0 radical (unpaired) electrons. The van der Waals surface area contributed by atoms with E-state index in [1.165, 1.54) is 0 Å². The van der Waals surface area contributed by atoms with Crippen LogP contribution in [-0.4, -0.2) is 30.0 Å². The number of nitrogens with zero attached hydrogens (tertiary/aromatic N) is 1. The Morgan fingerprint density at radius 1 is 1.53 bits per heavy atom. The maximum absolute atomic E-state index is 12.0. The minimum Gasteiger partial charge on any atom is -0.484 e. The molecule has 4 heteroatoms. The first-order valence-electron chi connectivity index (χ1n) is 6.89. The van der Waals surface area contributed by atoms with Crippen LogP contribution in [-0.2, 0) is 4.79 Å². The van der Waals surface area contributed by atoms with E-state index in [1.54, 1.807) is 0 Å².